The molecule has 0 spiro atoms. The van der Waals surface area contributed by atoms with E-state index in [0.717, 1.165) is 6.42 Å². The Morgan fingerprint density at radius 2 is 1.20 bits per heavy atom. The Morgan fingerprint density at radius 3 is 1.63 bits per heavy atom. The second-order valence-corrected chi connectivity index (χ2v) is 7.65. The number of ether oxygens (including phenoxy) is 1. The van der Waals surface area contributed by atoms with Gasteiger partial charge in [0, 0.05) is 12.0 Å². The number of hydrogen-bond acceptors (Lipinski definition) is 4. The van der Waals surface area contributed by atoms with E-state index in [4.69, 9.17) is 4.74 Å². The molecule has 1 fully saturated rings. The van der Waals surface area contributed by atoms with Crippen molar-refractivity contribution in [3.05, 3.63) is 11.6 Å². The lowest BCUT2D eigenvalue weighted by molar-refractivity contribution is -0.440. The van der Waals surface area contributed by atoms with E-state index in [0.29, 0.717) is 12.8 Å². The average Bonchev–Trinajstić information content (AvgIpc) is 2.70. The van der Waals surface area contributed by atoms with E-state index in [2.05, 4.69) is 0 Å². The van der Waals surface area contributed by atoms with Crippen LogP contribution < -0.4 is 5.11 Å². The molecule has 17 heteroatoms. The van der Waals surface area contributed by atoms with Gasteiger partial charge in [0.05, 0.1) is 5.97 Å². The summed E-state index contributed by atoms with van der Waals surface area (Å²) in [7, 11) is 0. The normalized spacial score (nSPS) is 17.9. The highest BCUT2D eigenvalue weighted by Crippen LogP contribution is 2.60. The van der Waals surface area contributed by atoms with Crippen molar-refractivity contribution >= 4 is 11.9 Å². The summed E-state index contributed by atoms with van der Waals surface area (Å²) in [5.74, 6) is -41.8. The molecule has 4 nitrogen and oxygen atoms in total. The number of aliphatic carboxylic acids is 1. The number of carboxylic acids is 1. The van der Waals surface area contributed by atoms with Crippen molar-refractivity contribution in [3.63, 3.8) is 0 Å². The van der Waals surface area contributed by atoms with Crippen molar-refractivity contribution in [2.75, 3.05) is 0 Å². The molecular weight excluding hydrogens is 527 g/mol. The Kier molecular flexibility index (Phi) is 8.82. The predicted octanol–water partition coefficient (Wildman–Crippen LogP) is 5.06. The van der Waals surface area contributed by atoms with Crippen LogP contribution in [-0.2, 0) is 14.3 Å². The third-order valence-corrected chi connectivity index (χ3v) is 5.09. The van der Waals surface area contributed by atoms with Crippen molar-refractivity contribution in [1.29, 1.82) is 0 Å². The van der Waals surface area contributed by atoms with Gasteiger partial charge in [0.1, 0.15) is 6.10 Å². The van der Waals surface area contributed by atoms with Gasteiger partial charge in [0.15, 0.2) is 0 Å². The standard InChI is InChI=1S/C18H17F13O4/c19-13(20,14(21,22)15(23,24)16(25,26)17(27,28)18(29,30)31)7-6-9(8-11(32)33)12(34)35-10-4-2-1-3-5-10/h8,10H,1-7H2,(H,32,33)/p-1/b9-8+. The van der Waals surface area contributed by atoms with Gasteiger partial charge >= 0.3 is 41.8 Å². The summed E-state index contributed by atoms with van der Waals surface area (Å²) in [5.41, 5.74) is -1.36. The van der Waals surface area contributed by atoms with Gasteiger partial charge in [0.2, 0.25) is 0 Å². The summed E-state index contributed by atoms with van der Waals surface area (Å²) >= 11 is 0. The van der Waals surface area contributed by atoms with Gasteiger partial charge in [-0.1, -0.05) is 6.42 Å². The molecule has 0 unspecified atom stereocenters. The molecule has 0 heterocycles. The van der Waals surface area contributed by atoms with E-state index in [1.54, 1.807) is 0 Å². The van der Waals surface area contributed by atoms with Gasteiger partial charge in [0.25, 0.3) is 0 Å². The van der Waals surface area contributed by atoms with Crippen LogP contribution in [0.1, 0.15) is 44.9 Å². The largest absolute Gasteiger partial charge is 0.545 e. The molecule has 0 amide bonds. The number of carbonyl (C=O) groups excluding carboxylic acids is 2. The fourth-order valence-corrected chi connectivity index (χ4v) is 3.04. The van der Waals surface area contributed by atoms with Crippen molar-refractivity contribution in [3.8, 4) is 0 Å². The summed E-state index contributed by atoms with van der Waals surface area (Å²) in [6.45, 7) is 0. The van der Waals surface area contributed by atoms with Gasteiger partial charge in [-0.05, 0) is 38.2 Å². The van der Waals surface area contributed by atoms with Crippen molar-refractivity contribution < 1.29 is 76.5 Å². The van der Waals surface area contributed by atoms with E-state index < -0.39 is 72.2 Å². The van der Waals surface area contributed by atoms with Crippen LogP contribution in [0, 0.1) is 0 Å². The Bertz CT molecular complexity index is 812. The molecule has 1 saturated carbocycles. The molecule has 0 aromatic heterocycles. The van der Waals surface area contributed by atoms with E-state index in [-0.39, 0.29) is 18.9 Å². The molecule has 204 valence electrons. The summed E-state index contributed by atoms with van der Waals surface area (Å²) in [5, 5.41) is 10.7. The van der Waals surface area contributed by atoms with Crippen molar-refractivity contribution in [2.45, 2.75) is 86.8 Å². The maximum absolute atomic E-state index is 13.9. The minimum atomic E-state index is -8.05. The average molecular weight is 543 g/mol. The number of hydrogen-bond donors (Lipinski definition) is 0. The zero-order valence-electron chi connectivity index (χ0n) is 17.2. The number of alkyl halides is 13. The Balaban J connectivity index is 3.20. The maximum Gasteiger partial charge on any atom is 0.460 e. The van der Waals surface area contributed by atoms with Crippen LogP contribution in [0.25, 0.3) is 0 Å². The molecule has 0 aliphatic heterocycles. The first-order valence-corrected chi connectivity index (χ1v) is 9.61. The molecule has 0 radical (unpaired) electrons. The molecule has 1 rings (SSSR count). The summed E-state index contributed by atoms with van der Waals surface area (Å²) in [6.07, 6.45) is -10.9. The number of esters is 1. The van der Waals surface area contributed by atoms with Crippen LogP contribution in [-0.4, -0.2) is 53.8 Å². The lowest BCUT2D eigenvalue weighted by Gasteiger charge is -2.39. The highest BCUT2D eigenvalue weighted by molar-refractivity contribution is 5.95. The molecular formula is C18H16F13O4-. The van der Waals surface area contributed by atoms with Crippen LogP contribution in [0.15, 0.2) is 11.6 Å². The molecule has 0 bridgehead atoms. The molecule has 1 aliphatic rings. The smallest absolute Gasteiger partial charge is 0.460 e. The number of halogens is 13. The fourth-order valence-electron chi connectivity index (χ4n) is 3.04. The molecule has 0 atom stereocenters. The lowest BCUT2D eigenvalue weighted by Crippen LogP contribution is -2.70. The van der Waals surface area contributed by atoms with E-state index in [1.165, 1.54) is 0 Å². The zero-order valence-corrected chi connectivity index (χ0v) is 17.2. The third-order valence-electron chi connectivity index (χ3n) is 5.09. The van der Waals surface area contributed by atoms with Crippen LogP contribution >= 0.6 is 0 Å². The number of rotatable bonds is 10. The molecule has 0 aromatic rings. The monoisotopic (exact) mass is 543 g/mol. The highest BCUT2D eigenvalue weighted by atomic mass is 19.4. The quantitative estimate of drug-likeness (QED) is 0.220. The van der Waals surface area contributed by atoms with E-state index in [9.17, 15) is 71.8 Å². The van der Waals surface area contributed by atoms with Gasteiger partial charge in [-0.15, -0.1) is 0 Å². The van der Waals surface area contributed by atoms with Crippen LogP contribution in [0.5, 0.6) is 0 Å². The first-order valence-electron chi connectivity index (χ1n) is 9.61. The van der Waals surface area contributed by atoms with E-state index in [1.807, 2.05) is 0 Å². The number of carboxylic acid groups (broad SMARTS) is 1. The molecule has 1 aliphatic carbocycles. The summed E-state index contributed by atoms with van der Waals surface area (Å²) < 4.78 is 176. The van der Waals surface area contributed by atoms with Crippen molar-refractivity contribution in [2.24, 2.45) is 0 Å². The van der Waals surface area contributed by atoms with Gasteiger partial charge < -0.3 is 14.6 Å². The topological polar surface area (TPSA) is 66.4 Å². The molecule has 0 N–H and O–H groups in total. The second-order valence-electron chi connectivity index (χ2n) is 7.65. The van der Waals surface area contributed by atoms with Crippen LogP contribution in [0.3, 0.4) is 0 Å². The van der Waals surface area contributed by atoms with Gasteiger partial charge in [-0.2, -0.15) is 57.1 Å². The Hall–Kier alpha value is -2.23. The first-order chi connectivity index (χ1) is 15.5. The van der Waals surface area contributed by atoms with E-state index >= 15 is 0 Å². The molecule has 0 aromatic carbocycles. The SMILES string of the molecule is O=C([O-])/C=C(\CCC(F)(F)C(F)(F)C(F)(F)C(F)(F)C(F)(F)C(F)(F)F)C(=O)OC1CCCCC1. The fraction of sp³-hybridized carbons (Fsp3) is 0.778. The van der Waals surface area contributed by atoms with Crippen molar-refractivity contribution in [1.82, 2.24) is 0 Å². The minimum absolute atomic E-state index is 0.232. The first kappa shape index (κ1) is 30.8. The van der Waals surface area contributed by atoms with Gasteiger partial charge in [-0.25, -0.2) is 4.79 Å². The lowest BCUT2D eigenvalue weighted by atomic mass is 9.91. The van der Waals surface area contributed by atoms with Gasteiger partial charge in [-0.3, -0.25) is 0 Å². The van der Waals surface area contributed by atoms with Crippen LogP contribution in [0.4, 0.5) is 57.1 Å². The highest BCUT2D eigenvalue weighted by Gasteiger charge is 2.90. The Labute approximate surface area is 188 Å². The Morgan fingerprint density at radius 1 is 0.743 bits per heavy atom. The maximum atomic E-state index is 13.9. The summed E-state index contributed by atoms with van der Waals surface area (Å²) in [6, 6.07) is 0. The molecule has 35 heavy (non-hydrogen) atoms. The number of carbonyl (C=O) groups is 2. The summed E-state index contributed by atoms with van der Waals surface area (Å²) in [4.78, 5) is 22.7. The second kappa shape index (κ2) is 10.0. The third kappa shape index (κ3) is 5.95. The predicted molar refractivity (Wildman–Crippen MR) is 86.1 cm³/mol. The minimum Gasteiger partial charge on any atom is -0.545 e. The molecule has 0 saturated heterocycles. The zero-order chi connectivity index (χ0) is 27.7. The van der Waals surface area contributed by atoms with Crippen LogP contribution in [0.2, 0.25) is 0 Å².